The van der Waals surface area contributed by atoms with E-state index in [1.54, 1.807) is 0 Å². The molecule has 0 aromatic rings. The van der Waals surface area contributed by atoms with Crippen LogP contribution in [0.25, 0.3) is 0 Å². The summed E-state index contributed by atoms with van der Waals surface area (Å²) < 4.78 is 5.50. The molecule has 10 heavy (non-hydrogen) atoms. The van der Waals surface area contributed by atoms with Crippen molar-refractivity contribution in [2.24, 2.45) is 11.1 Å². The highest BCUT2D eigenvalue weighted by Gasteiger charge is 2.32. The molecule has 0 saturated carbocycles. The first-order valence-corrected chi connectivity index (χ1v) is 3.87. The molecule has 1 rings (SSSR count). The van der Waals surface area contributed by atoms with Crippen molar-refractivity contribution in [3.63, 3.8) is 0 Å². The molecule has 2 N–H and O–H groups in total. The topological polar surface area (TPSA) is 35.2 Å². The summed E-state index contributed by atoms with van der Waals surface area (Å²) in [5.41, 5.74) is 5.95. The van der Waals surface area contributed by atoms with Crippen molar-refractivity contribution in [2.45, 2.75) is 39.3 Å². The second-order valence-corrected chi connectivity index (χ2v) is 4.18. The second kappa shape index (κ2) is 2.51. The Morgan fingerprint density at radius 2 is 2.00 bits per heavy atom. The molecule has 2 heteroatoms. The van der Waals surface area contributed by atoms with E-state index in [0.29, 0.717) is 6.10 Å². The predicted octanol–water partition coefficient (Wildman–Crippen LogP) is 1.15. The quantitative estimate of drug-likeness (QED) is 0.552. The van der Waals surface area contributed by atoms with Gasteiger partial charge in [0.2, 0.25) is 0 Å². The summed E-state index contributed by atoms with van der Waals surface area (Å²) in [6.07, 6.45) is 1.38. The van der Waals surface area contributed by atoms with E-state index in [1.165, 1.54) is 0 Å². The molecular formula is C8H17NO. The lowest BCUT2D eigenvalue weighted by molar-refractivity contribution is 0.0286. The maximum absolute atomic E-state index is 5.70. The average molecular weight is 143 g/mol. The van der Waals surface area contributed by atoms with E-state index < -0.39 is 0 Å². The lowest BCUT2D eigenvalue weighted by Gasteiger charge is -2.25. The van der Waals surface area contributed by atoms with Gasteiger partial charge in [-0.25, -0.2) is 0 Å². The van der Waals surface area contributed by atoms with E-state index in [0.717, 1.165) is 13.0 Å². The lowest BCUT2D eigenvalue weighted by Crippen LogP contribution is -2.26. The van der Waals surface area contributed by atoms with Crippen molar-refractivity contribution in [3.05, 3.63) is 0 Å². The minimum atomic E-state index is 0.258. The van der Waals surface area contributed by atoms with Crippen molar-refractivity contribution in [1.29, 1.82) is 0 Å². The molecule has 0 aromatic carbocycles. The molecule has 1 saturated heterocycles. The van der Waals surface area contributed by atoms with Gasteiger partial charge in [-0.05, 0) is 11.8 Å². The standard InChI is InChI=1S/C8H17NO/c1-8(2,3)7-4-6(9)5-10-7/h6-7H,4-5,9H2,1-3H3/t6-,7+/m1/s1. The molecule has 0 bridgehead atoms. The van der Waals surface area contributed by atoms with Crippen LogP contribution in [0.5, 0.6) is 0 Å². The molecular weight excluding hydrogens is 126 g/mol. The molecule has 0 aliphatic carbocycles. The minimum Gasteiger partial charge on any atom is -0.376 e. The summed E-state index contributed by atoms with van der Waals surface area (Å²) in [5.74, 6) is 0. The highest BCUT2D eigenvalue weighted by atomic mass is 16.5. The van der Waals surface area contributed by atoms with Crippen LogP contribution >= 0.6 is 0 Å². The Morgan fingerprint density at radius 1 is 1.40 bits per heavy atom. The van der Waals surface area contributed by atoms with Crippen molar-refractivity contribution >= 4 is 0 Å². The van der Waals surface area contributed by atoms with Crippen LogP contribution in [0.15, 0.2) is 0 Å². The van der Waals surface area contributed by atoms with Crippen LogP contribution in [0.1, 0.15) is 27.2 Å². The van der Waals surface area contributed by atoms with Gasteiger partial charge in [0.25, 0.3) is 0 Å². The number of ether oxygens (including phenoxy) is 1. The molecule has 0 aromatic heterocycles. The normalized spacial score (nSPS) is 34.8. The second-order valence-electron chi connectivity index (χ2n) is 4.18. The highest BCUT2D eigenvalue weighted by Crippen LogP contribution is 2.29. The lowest BCUT2D eigenvalue weighted by atomic mass is 9.87. The third kappa shape index (κ3) is 1.70. The van der Waals surface area contributed by atoms with Crippen LogP contribution in [0.3, 0.4) is 0 Å². The Balaban J connectivity index is 2.45. The molecule has 0 unspecified atom stereocenters. The summed E-state index contributed by atoms with van der Waals surface area (Å²) in [4.78, 5) is 0. The number of hydrogen-bond acceptors (Lipinski definition) is 2. The molecule has 2 nitrogen and oxygen atoms in total. The van der Waals surface area contributed by atoms with Crippen LogP contribution in [-0.2, 0) is 4.74 Å². The zero-order chi connectivity index (χ0) is 7.78. The predicted molar refractivity (Wildman–Crippen MR) is 41.8 cm³/mol. The van der Waals surface area contributed by atoms with Gasteiger partial charge in [-0.15, -0.1) is 0 Å². The van der Waals surface area contributed by atoms with Gasteiger partial charge in [-0.3, -0.25) is 0 Å². The van der Waals surface area contributed by atoms with E-state index in [9.17, 15) is 0 Å². The Hall–Kier alpha value is -0.0800. The molecule has 0 spiro atoms. The van der Waals surface area contributed by atoms with Gasteiger partial charge < -0.3 is 10.5 Å². The van der Waals surface area contributed by atoms with Gasteiger partial charge in [0, 0.05) is 6.04 Å². The monoisotopic (exact) mass is 143 g/mol. The van der Waals surface area contributed by atoms with Crippen molar-refractivity contribution in [2.75, 3.05) is 6.61 Å². The van der Waals surface area contributed by atoms with E-state index in [-0.39, 0.29) is 11.5 Å². The Bertz CT molecular complexity index is 117. The third-order valence-corrected chi connectivity index (χ3v) is 1.99. The van der Waals surface area contributed by atoms with Crippen molar-refractivity contribution in [1.82, 2.24) is 0 Å². The maximum Gasteiger partial charge on any atom is 0.0639 e. The van der Waals surface area contributed by atoms with Gasteiger partial charge in [0.15, 0.2) is 0 Å². The Morgan fingerprint density at radius 3 is 2.20 bits per heavy atom. The molecule has 60 valence electrons. The highest BCUT2D eigenvalue weighted by molar-refractivity contribution is 4.83. The molecule has 1 fully saturated rings. The largest absolute Gasteiger partial charge is 0.376 e. The number of nitrogens with two attached hydrogens (primary N) is 1. The molecule has 2 atom stereocenters. The van der Waals surface area contributed by atoms with Crippen LogP contribution in [0.2, 0.25) is 0 Å². The SMILES string of the molecule is CC(C)(C)[C@@H]1C[C@@H](N)CO1. The third-order valence-electron chi connectivity index (χ3n) is 1.99. The Labute approximate surface area is 62.7 Å². The summed E-state index contributed by atoms with van der Waals surface area (Å²) >= 11 is 0. The summed E-state index contributed by atoms with van der Waals surface area (Å²) in [7, 11) is 0. The molecule has 1 heterocycles. The van der Waals surface area contributed by atoms with Gasteiger partial charge in [0.05, 0.1) is 12.7 Å². The minimum absolute atomic E-state index is 0.258. The van der Waals surface area contributed by atoms with Gasteiger partial charge in [-0.1, -0.05) is 20.8 Å². The molecule has 1 aliphatic rings. The molecule has 0 amide bonds. The zero-order valence-corrected chi connectivity index (χ0v) is 7.05. The van der Waals surface area contributed by atoms with Gasteiger partial charge >= 0.3 is 0 Å². The Kier molecular flexibility index (Phi) is 2.02. The van der Waals surface area contributed by atoms with Crippen LogP contribution < -0.4 is 5.73 Å². The number of hydrogen-bond donors (Lipinski definition) is 1. The van der Waals surface area contributed by atoms with Crippen molar-refractivity contribution in [3.8, 4) is 0 Å². The smallest absolute Gasteiger partial charge is 0.0639 e. The zero-order valence-electron chi connectivity index (χ0n) is 7.05. The van der Waals surface area contributed by atoms with E-state index >= 15 is 0 Å². The van der Waals surface area contributed by atoms with Crippen molar-refractivity contribution < 1.29 is 4.74 Å². The first-order valence-electron chi connectivity index (χ1n) is 3.87. The maximum atomic E-state index is 5.70. The van der Waals surface area contributed by atoms with E-state index in [2.05, 4.69) is 20.8 Å². The van der Waals surface area contributed by atoms with Crippen LogP contribution in [0.4, 0.5) is 0 Å². The van der Waals surface area contributed by atoms with E-state index in [4.69, 9.17) is 10.5 Å². The van der Waals surface area contributed by atoms with Gasteiger partial charge in [0.1, 0.15) is 0 Å². The van der Waals surface area contributed by atoms with Crippen LogP contribution in [-0.4, -0.2) is 18.8 Å². The fourth-order valence-corrected chi connectivity index (χ4v) is 1.25. The fourth-order valence-electron chi connectivity index (χ4n) is 1.25. The molecule has 1 aliphatic heterocycles. The molecule has 0 radical (unpaired) electrons. The first-order chi connectivity index (χ1) is 4.50. The van der Waals surface area contributed by atoms with Crippen LogP contribution in [0, 0.1) is 5.41 Å². The average Bonchev–Trinajstić information content (AvgIpc) is 2.11. The summed E-state index contributed by atoms with van der Waals surface area (Å²) in [6, 6.07) is 0.268. The number of rotatable bonds is 0. The fraction of sp³-hybridized carbons (Fsp3) is 1.00. The summed E-state index contributed by atoms with van der Waals surface area (Å²) in [5, 5.41) is 0. The first kappa shape index (κ1) is 8.02. The van der Waals surface area contributed by atoms with Gasteiger partial charge in [-0.2, -0.15) is 0 Å². The van der Waals surface area contributed by atoms with E-state index in [1.807, 2.05) is 0 Å². The summed E-state index contributed by atoms with van der Waals surface area (Å²) in [6.45, 7) is 7.31.